The molecule has 1 aliphatic rings. The molecule has 0 radical (unpaired) electrons. The molecule has 5 nitrogen and oxygen atoms in total. The number of carbonyl (C=O) groups is 1. The molecule has 0 aliphatic carbocycles. The monoisotopic (exact) mass is 188 g/mol. The number of primary amides is 1. The van der Waals surface area contributed by atoms with E-state index >= 15 is 0 Å². The second-order valence-electron chi connectivity index (χ2n) is 3.73. The predicted octanol–water partition coefficient (Wildman–Crippen LogP) is -1.71. The highest BCUT2D eigenvalue weighted by Crippen LogP contribution is 2.20. The Balaban J connectivity index is 2.48. The molecule has 4 N–H and O–H groups in total. The van der Waals surface area contributed by atoms with Crippen molar-refractivity contribution >= 4 is 5.91 Å². The average Bonchev–Trinajstić information content (AvgIpc) is 2.32. The van der Waals surface area contributed by atoms with Crippen molar-refractivity contribution in [3.63, 3.8) is 0 Å². The molecule has 5 heteroatoms. The lowest BCUT2D eigenvalue weighted by Crippen LogP contribution is -2.46. The van der Waals surface area contributed by atoms with Gasteiger partial charge in [-0.05, 0) is 13.3 Å². The topological polar surface area (TPSA) is 86.8 Å². The van der Waals surface area contributed by atoms with Crippen LogP contribution in [0.5, 0.6) is 0 Å². The first-order valence-electron chi connectivity index (χ1n) is 4.37. The van der Waals surface area contributed by atoms with Crippen molar-refractivity contribution in [1.29, 1.82) is 0 Å². The molecule has 76 valence electrons. The summed E-state index contributed by atoms with van der Waals surface area (Å²) in [5, 5.41) is 18.7. The quantitative estimate of drug-likeness (QED) is 0.492. The smallest absolute Gasteiger partial charge is 0.250 e. The fourth-order valence-corrected chi connectivity index (χ4v) is 1.60. The van der Waals surface area contributed by atoms with E-state index in [4.69, 9.17) is 10.8 Å². The first kappa shape index (κ1) is 10.4. The van der Waals surface area contributed by atoms with Crippen molar-refractivity contribution in [2.45, 2.75) is 25.0 Å². The highest BCUT2D eigenvalue weighted by Gasteiger charge is 2.41. The molecule has 2 unspecified atom stereocenters. The second kappa shape index (κ2) is 3.61. The molecule has 1 aliphatic heterocycles. The fourth-order valence-electron chi connectivity index (χ4n) is 1.60. The lowest BCUT2D eigenvalue weighted by atomic mass is 10.0. The summed E-state index contributed by atoms with van der Waals surface area (Å²) in [5.74, 6) is -0.680. The van der Waals surface area contributed by atoms with Gasteiger partial charge in [-0.15, -0.1) is 0 Å². The van der Waals surface area contributed by atoms with Gasteiger partial charge < -0.3 is 15.9 Å². The third kappa shape index (κ3) is 2.40. The third-order valence-electron chi connectivity index (χ3n) is 2.31. The maximum Gasteiger partial charge on any atom is 0.250 e. The van der Waals surface area contributed by atoms with Gasteiger partial charge in [0, 0.05) is 19.6 Å². The van der Waals surface area contributed by atoms with Crippen LogP contribution < -0.4 is 5.73 Å². The van der Waals surface area contributed by atoms with E-state index < -0.39 is 17.6 Å². The Morgan fingerprint density at radius 3 is 2.77 bits per heavy atom. The van der Waals surface area contributed by atoms with E-state index in [9.17, 15) is 9.90 Å². The van der Waals surface area contributed by atoms with Crippen LogP contribution in [-0.2, 0) is 4.79 Å². The van der Waals surface area contributed by atoms with E-state index in [0.717, 1.165) is 0 Å². The van der Waals surface area contributed by atoms with Crippen molar-refractivity contribution in [2.24, 2.45) is 5.73 Å². The number of hydrogen-bond donors (Lipinski definition) is 3. The summed E-state index contributed by atoms with van der Waals surface area (Å²) >= 11 is 0. The summed E-state index contributed by atoms with van der Waals surface area (Å²) in [7, 11) is 0. The van der Waals surface area contributed by atoms with E-state index in [1.54, 1.807) is 6.92 Å². The van der Waals surface area contributed by atoms with E-state index in [0.29, 0.717) is 19.5 Å². The molecule has 0 spiro atoms. The zero-order chi connectivity index (χ0) is 10.1. The number of β-amino-alcohol motifs (C(OH)–C–C–N with tert-alkyl or cyclic N) is 2. The number of carbonyl (C=O) groups excluding carboxylic acids is 1. The Labute approximate surface area is 77.1 Å². The zero-order valence-electron chi connectivity index (χ0n) is 7.73. The number of aliphatic hydroxyl groups is 2. The SMILES string of the molecule is CC(O)CN1CCC(O)(C(N)=O)C1. The number of nitrogens with two attached hydrogens (primary N) is 1. The van der Waals surface area contributed by atoms with Crippen LogP contribution in [-0.4, -0.2) is 52.4 Å². The Kier molecular flexibility index (Phi) is 2.90. The van der Waals surface area contributed by atoms with Crippen LogP contribution in [0.1, 0.15) is 13.3 Å². The number of amides is 1. The predicted molar refractivity (Wildman–Crippen MR) is 46.9 cm³/mol. The molecular weight excluding hydrogens is 172 g/mol. The largest absolute Gasteiger partial charge is 0.392 e. The van der Waals surface area contributed by atoms with Crippen LogP contribution in [0, 0.1) is 0 Å². The van der Waals surface area contributed by atoms with Crippen molar-refractivity contribution in [3.8, 4) is 0 Å². The van der Waals surface area contributed by atoms with E-state index in [2.05, 4.69) is 0 Å². The number of aliphatic hydroxyl groups excluding tert-OH is 1. The van der Waals surface area contributed by atoms with Crippen molar-refractivity contribution in [1.82, 2.24) is 4.90 Å². The molecule has 0 saturated carbocycles. The van der Waals surface area contributed by atoms with Crippen LogP contribution in [0.25, 0.3) is 0 Å². The molecule has 1 fully saturated rings. The van der Waals surface area contributed by atoms with Crippen LogP contribution in [0.2, 0.25) is 0 Å². The second-order valence-corrected chi connectivity index (χ2v) is 3.73. The molecule has 1 rings (SSSR count). The summed E-state index contributed by atoms with van der Waals surface area (Å²) in [5.41, 5.74) is 3.65. The standard InChI is InChI=1S/C8H16N2O3/c1-6(11)4-10-3-2-8(13,5-10)7(9)12/h6,11,13H,2-5H2,1H3,(H2,9,12). The maximum absolute atomic E-state index is 10.8. The number of nitrogens with zero attached hydrogens (tertiary/aromatic N) is 1. The minimum absolute atomic E-state index is 0.229. The Morgan fingerprint density at radius 2 is 2.38 bits per heavy atom. The number of hydrogen-bond acceptors (Lipinski definition) is 4. The van der Waals surface area contributed by atoms with E-state index in [-0.39, 0.29) is 6.54 Å². The molecule has 0 bridgehead atoms. The number of likely N-dealkylation sites (tertiary alicyclic amines) is 1. The van der Waals surface area contributed by atoms with Gasteiger partial charge in [0.1, 0.15) is 0 Å². The van der Waals surface area contributed by atoms with Gasteiger partial charge in [0.2, 0.25) is 0 Å². The molecule has 0 aromatic carbocycles. The van der Waals surface area contributed by atoms with Gasteiger partial charge in [-0.25, -0.2) is 0 Å². The van der Waals surface area contributed by atoms with Crippen LogP contribution in [0.4, 0.5) is 0 Å². The lowest BCUT2D eigenvalue weighted by Gasteiger charge is -2.20. The van der Waals surface area contributed by atoms with E-state index in [1.807, 2.05) is 4.90 Å². The van der Waals surface area contributed by atoms with Gasteiger partial charge in [0.25, 0.3) is 5.91 Å². The maximum atomic E-state index is 10.8. The third-order valence-corrected chi connectivity index (χ3v) is 2.31. The molecular formula is C8H16N2O3. The Morgan fingerprint density at radius 1 is 1.77 bits per heavy atom. The minimum Gasteiger partial charge on any atom is -0.392 e. The van der Waals surface area contributed by atoms with Crippen LogP contribution in [0.15, 0.2) is 0 Å². The summed E-state index contributed by atoms with van der Waals surface area (Å²) in [6.07, 6.45) is -0.0927. The van der Waals surface area contributed by atoms with Crippen LogP contribution in [0.3, 0.4) is 0 Å². The van der Waals surface area contributed by atoms with Gasteiger partial charge in [-0.2, -0.15) is 0 Å². The molecule has 1 heterocycles. The van der Waals surface area contributed by atoms with Crippen molar-refractivity contribution in [2.75, 3.05) is 19.6 Å². The minimum atomic E-state index is -1.39. The summed E-state index contributed by atoms with van der Waals surface area (Å²) < 4.78 is 0. The molecule has 0 aromatic rings. The molecule has 2 atom stereocenters. The highest BCUT2D eigenvalue weighted by molar-refractivity contribution is 5.83. The fraction of sp³-hybridized carbons (Fsp3) is 0.875. The summed E-state index contributed by atoms with van der Waals surface area (Å²) in [6, 6.07) is 0. The summed E-state index contributed by atoms with van der Waals surface area (Å²) in [6.45, 7) is 2.97. The van der Waals surface area contributed by atoms with Gasteiger partial charge in [-0.3, -0.25) is 9.69 Å². The summed E-state index contributed by atoms with van der Waals surface area (Å²) in [4.78, 5) is 12.7. The zero-order valence-corrected chi connectivity index (χ0v) is 7.73. The molecule has 1 amide bonds. The average molecular weight is 188 g/mol. The first-order chi connectivity index (χ1) is 5.94. The van der Waals surface area contributed by atoms with Crippen molar-refractivity contribution < 1.29 is 15.0 Å². The molecule has 13 heavy (non-hydrogen) atoms. The molecule has 0 aromatic heterocycles. The molecule has 1 saturated heterocycles. The highest BCUT2D eigenvalue weighted by atomic mass is 16.3. The lowest BCUT2D eigenvalue weighted by molar-refractivity contribution is -0.135. The Hall–Kier alpha value is -0.650. The normalized spacial score (nSPS) is 31.9. The number of rotatable bonds is 3. The van der Waals surface area contributed by atoms with Gasteiger partial charge in [0.05, 0.1) is 6.10 Å². The Bertz CT molecular complexity index is 208. The first-order valence-corrected chi connectivity index (χ1v) is 4.37. The van der Waals surface area contributed by atoms with Gasteiger partial charge in [-0.1, -0.05) is 0 Å². The van der Waals surface area contributed by atoms with E-state index in [1.165, 1.54) is 0 Å². The van der Waals surface area contributed by atoms with Gasteiger partial charge >= 0.3 is 0 Å². The van der Waals surface area contributed by atoms with Crippen molar-refractivity contribution in [3.05, 3.63) is 0 Å². The van der Waals surface area contributed by atoms with Gasteiger partial charge in [0.15, 0.2) is 5.60 Å². The van der Waals surface area contributed by atoms with Crippen LogP contribution >= 0.6 is 0 Å².